The maximum absolute atomic E-state index is 11.8. The van der Waals surface area contributed by atoms with E-state index in [1.165, 1.54) is 12.1 Å². The van der Waals surface area contributed by atoms with Crippen molar-refractivity contribution in [2.75, 3.05) is 18.0 Å². The van der Waals surface area contributed by atoms with E-state index in [0.717, 1.165) is 5.69 Å². The number of hydrogen-bond donors (Lipinski definition) is 2. The number of carbonyl (C=O) groups is 2. The number of imide groups is 1. The Morgan fingerprint density at radius 1 is 1.14 bits per heavy atom. The zero-order chi connectivity index (χ0) is 15.0. The fourth-order valence-electron chi connectivity index (χ4n) is 2.81. The van der Waals surface area contributed by atoms with E-state index in [2.05, 4.69) is 10.6 Å². The lowest BCUT2D eigenvalue weighted by Gasteiger charge is -2.38. The summed E-state index contributed by atoms with van der Waals surface area (Å²) in [5, 5.41) is 15.6. The van der Waals surface area contributed by atoms with Gasteiger partial charge in [0.1, 0.15) is 5.54 Å². The molecule has 2 N–H and O–H groups in total. The number of nitro groups is 1. The van der Waals surface area contributed by atoms with Crippen LogP contribution in [0.1, 0.15) is 12.8 Å². The van der Waals surface area contributed by atoms with Crippen LogP contribution in [0.3, 0.4) is 0 Å². The van der Waals surface area contributed by atoms with Gasteiger partial charge in [-0.05, 0) is 25.0 Å². The zero-order valence-corrected chi connectivity index (χ0v) is 11.2. The fraction of sp³-hybridized carbons (Fsp3) is 0.385. The van der Waals surface area contributed by atoms with Crippen LogP contribution in [-0.4, -0.2) is 35.5 Å². The molecule has 110 valence electrons. The maximum Gasteiger partial charge on any atom is 0.322 e. The molecule has 8 heteroatoms. The predicted molar refractivity (Wildman–Crippen MR) is 73.9 cm³/mol. The monoisotopic (exact) mass is 290 g/mol. The van der Waals surface area contributed by atoms with Crippen molar-refractivity contribution in [1.29, 1.82) is 0 Å². The van der Waals surface area contributed by atoms with Gasteiger partial charge in [-0.15, -0.1) is 0 Å². The largest absolute Gasteiger partial charge is 0.371 e. The molecule has 1 aromatic rings. The maximum atomic E-state index is 11.8. The second-order valence-corrected chi connectivity index (χ2v) is 5.25. The number of nitro benzene ring substituents is 1. The Balaban J connectivity index is 1.70. The van der Waals surface area contributed by atoms with E-state index in [9.17, 15) is 19.7 Å². The smallest absolute Gasteiger partial charge is 0.322 e. The minimum Gasteiger partial charge on any atom is -0.371 e. The van der Waals surface area contributed by atoms with Crippen LogP contribution in [-0.2, 0) is 4.79 Å². The first-order chi connectivity index (χ1) is 10.00. The molecule has 0 aliphatic carbocycles. The van der Waals surface area contributed by atoms with Gasteiger partial charge in [0.15, 0.2) is 0 Å². The molecular weight excluding hydrogens is 276 g/mol. The molecule has 1 aromatic carbocycles. The van der Waals surface area contributed by atoms with Gasteiger partial charge in [0.2, 0.25) is 0 Å². The van der Waals surface area contributed by atoms with Crippen LogP contribution in [0, 0.1) is 10.1 Å². The minimum absolute atomic E-state index is 0.0506. The van der Waals surface area contributed by atoms with Crippen molar-refractivity contribution < 1.29 is 14.5 Å². The van der Waals surface area contributed by atoms with Crippen LogP contribution in [0.15, 0.2) is 24.3 Å². The minimum atomic E-state index is -0.797. The Labute approximate surface area is 120 Å². The van der Waals surface area contributed by atoms with Crippen molar-refractivity contribution in [3.63, 3.8) is 0 Å². The number of anilines is 1. The van der Waals surface area contributed by atoms with E-state index in [0.29, 0.717) is 25.9 Å². The summed E-state index contributed by atoms with van der Waals surface area (Å²) in [6.45, 7) is 1.21. The molecule has 0 unspecified atom stereocenters. The molecule has 0 atom stereocenters. The van der Waals surface area contributed by atoms with Gasteiger partial charge in [-0.3, -0.25) is 20.2 Å². The van der Waals surface area contributed by atoms with Crippen LogP contribution in [0.2, 0.25) is 0 Å². The van der Waals surface area contributed by atoms with Gasteiger partial charge in [0.05, 0.1) is 4.92 Å². The summed E-state index contributed by atoms with van der Waals surface area (Å²) < 4.78 is 0. The van der Waals surface area contributed by atoms with E-state index in [4.69, 9.17) is 0 Å². The van der Waals surface area contributed by atoms with Gasteiger partial charge in [-0.2, -0.15) is 0 Å². The van der Waals surface area contributed by atoms with Crippen LogP contribution in [0.25, 0.3) is 0 Å². The summed E-state index contributed by atoms with van der Waals surface area (Å²) >= 11 is 0. The lowest BCUT2D eigenvalue weighted by molar-refractivity contribution is -0.384. The number of piperidine rings is 1. The number of rotatable bonds is 2. The van der Waals surface area contributed by atoms with Crippen LogP contribution >= 0.6 is 0 Å². The molecule has 8 nitrogen and oxygen atoms in total. The highest BCUT2D eigenvalue weighted by Gasteiger charge is 2.47. The molecule has 0 saturated carbocycles. The molecular formula is C13H14N4O4. The van der Waals surface area contributed by atoms with Gasteiger partial charge in [-0.25, -0.2) is 4.79 Å². The van der Waals surface area contributed by atoms with Crippen molar-refractivity contribution in [2.45, 2.75) is 18.4 Å². The zero-order valence-electron chi connectivity index (χ0n) is 11.2. The highest BCUT2D eigenvalue weighted by atomic mass is 16.6. The van der Waals surface area contributed by atoms with Gasteiger partial charge in [0.25, 0.3) is 11.6 Å². The molecule has 2 fully saturated rings. The predicted octanol–water partition coefficient (Wildman–Crippen LogP) is 0.773. The molecule has 21 heavy (non-hydrogen) atoms. The van der Waals surface area contributed by atoms with Gasteiger partial charge in [-0.1, -0.05) is 0 Å². The second-order valence-electron chi connectivity index (χ2n) is 5.25. The highest BCUT2D eigenvalue weighted by molar-refractivity contribution is 6.07. The Morgan fingerprint density at radius 2 is 1.76 bits per heavy atom. The summed E-state index contributed by atoms with van der Waals surface area (Å²) in [4.78, 5) is 35.3. The molecule has 2 heterocycles. The first-order valence-corrected chi connectivity index (χ1v) is 6.63. The third kappa shape index (κ3) is 2.28. The molecule has 2 saturated heterocycles. The molecule has 2 aliphatic rings. The summed E-state index contributed by atoms with van der Waals surface area (Å²) in [5.74, 6) is -0.268. The van der Waals surface area contributed by atoms with Crippen LogP contribution in [0.4, 0.5) is 16.2 Å². The average molecular weight is 290 g/mol. The number of hydrogen-bond acceptors (Lipinski definition) is 5. The first-order valence-electron chi connectivity index (χ1n) is 6.63. The number of urea groups is 1. The Bertz CT molecular complexity index is 605. The number of amides is 3. The highest BCUT2D eigenvalue weighted by Crippen LogP contribution is 2.29. The van der Waals surface area contributed by atoms with E-state index in [1.807, 2.05) is 4.90 Å². The molecule has 0 aromatic heterocycles. The molecule has 1 spiro atoms. The Hall–Kier alpha value is -2.64. The number of nitrogens with zero attached hydrogens (tertiary/aromatic N) is 2. The summed E-state index contributed by atoms with van der Waals surface area (Å²) in [5.41, 5.74) is 0.129. The fourth-order valence-corrected chi connectivity index (χ4v) is 2.81. The van der Waals surface area contributed by atoms with E-state index >= 15 is 0 Å². The van der Waals surface area contributed by atoms with E-state index in [-0.39, 0.29) is 11.6 Å². The quantitative estimate of drug-likeness (QED) is 0.475. The van der Waals surface area contributed by atoms with Crippen molar-refractivity contribution in [3.05, 3.63) is 34.4 Å². The normalized spacial score (nSPS) is 20.3. The lowest BCUT2D eigenvalue weighted by Crippen LogP contribution is -2.54. The molecule has 0 bridgehead atoms. The summed E-state index contributed by atoms with van der Waals surface area (Å²) in [7, 11) is 0. The topological polar surface area (TPSA) is 105 Å². The molecule has 0 radical (unpaired) electrons. The van der Waals surface area contributed by atoms with E-state index < -0.39 is 16.5 Å². The third-order valence-corrected chi connectivity index (χ3v) is 4.06. The van der Waals surface area contributed by atoms with Crippen LogP contribution in [0.5, 0.6) is 0 Å². The van der Waals surface area contributed by atoms with Gasteiger partial charge >= 0.3 is 6.03 Å². The third-order valence-electron chi connectivity index (χ3n) is 4.06. The van der Waals surface area contributed by atoms with Crippen molar-refractivity contribution in [2.24, 2.45) is 0 Å². The lowest BCUT2D eigenvalue weighted by atomic mass is 9.87. The number of carbonyl (C=O) groups excluding carboxylic acids is 2. The standard InChI is InChI=1S/C13H14N4O4/c18-11-13(15-12(19)14-11)5-7-16(8-6-13)9-1-3-10(4-2-9)17(20)21/h1-4H,5-8H2,(H2,14,15,18,19). The molecule has 3 rings (SSSR count). The van der Waals surface area contributed by atoms with Crippen LogP contribution < -0.4 is 15.5 Å². The number of nitrogens with one attached hydrogen (secondary N) is 2. The average Bonchev–Trinajstić information content (AvgIpc) is 2.74. The van der Waals surface area contributed by atoms with E-state index in [1.54, 1.807) is 12.1 Å². The number of non-ortho nitro benzene ring substituents is 1. The van der Waals surface area contributed by atoms with Crippen molar-refractivity contribution in [1.82, 2.24) is 10.6 Å². The first kappa shape index (κ1) is 13.3. The second kappa shape index (κ2) is 4.72. The Morgan fingerprint density at radius 3 is 2.24 bits per heavy atom. The van der Waals surface area contributed by atoms with Gasteiger partial charge < -0.3 is 10.2 Å². The SMILES string of the molecule is O=C1NC(=O)C2(CCN(c3ccc([N+](=O)[O-])cc3)CC2)N1. The summed E-state index contributed by atoms with van der Waals surface area (Å²) in [6, 6.07) is 5.88. The Kier molecular flexibility index (Phi) is 3.00. The molecule has 3 amide bonds. The van der Waals surface area contributed by atoms with Gasteiger partial charge in [0, 0.05) is 30.9 Å². The van der Waals surface area contributed by atoms with Crippen molar-refractivity contribution >= 4 is 23.3 Å². The van der Waals surface area contributed by atoms with Crippen molar-refractivity contribution in [3.8, 4) is 0 Å². The number of benzene rings is 1. The molecule has 2 aliphatic heterocycles. The summed E-state index contributed by atoms with van der Waals surface area (Å²) in [6.07, 6.45) is 1.03.